The number of aliphatic hydroxyl groups is 1. The predicted octanol–water partition coefficient (Wildman–Crippen LogP) is 2.51. The number of rotatable bonds is 12. The summed E-state index contributed by atoms with van der Waals surface area (Å²) in [5.74, 6) is -0.897. The molecule has 0 bridgehead atoms. The van der Waals surface area contributed by atoms with E-state index < -0.39 is 37.4 Å². The van der Waals surface area contributed by atoms with Gasteiger partial charge < -0.3 is 31.4 Å². The molecule has 2 amide bonds. The summed E-state index contributed by atoms with van der Waals surface area (Å²) in [6.45, 7) is 3.45. The van der Waals surface area contributed by atoms with Crippen molar-refractivity contribution in [3.63, 3.8) is 0 Å². The molecule has 1 heterocycles. The first-order valence-corrected chi connectivity index (χ1v) is 15.0. The molecular weight excluding hydrogens is 479 g/mol. The molecule has 7 N–H and O–H groups in total. The van der Waals surface area contributed by atoms with Gasteiger partial charge in [0.1, 0.15) is 6.04 Å². The fourth-order valence-electron chi connectivity index (χ4n) is 5.00. The molecule has 3 rings (SSSR count). The van der Waals surface area contributed by atoms with Crippen LogP contribution in [-0.2, 0) is 20.6 Å². The highest BCUT2D eigenvalue weighted by molar-refractivity contribution is 7.58. The lowest BCUT2D eigenvalue weighted by molar-refractivity contribution is -0.130. The van der Waals surface area contributed by atoms with E-state index in [9.17, 15) is 24.2 Å². The number of hydrogen-bond acceptors (Lipinski definition) is 5. The number of aliphatic hydroxyl groups excluding tert-OH is 1. The van der Waals surface area contributed by atoms with Gasteiger partial charge in [-0.1, -0.05) is 51.3 Å². The summed E-state index contributed by atoms with van der Waals surface area (Å²) in [5, 5.41) is 16.7. The third-order valence-electron chi connectivity index (χ3n) is 6.97. The number of hydrogen-bond donors (Lipinski definition) is 6. The monoisotopic (exact) mass is 520 g/mol. The van der Waals surface area contributed by atoms with Crippen LogP contribution in [0.2, 0.25) is 0 Å². The molecule has 1 aromatic carbocycles. The second-order valence-corrected chi connectivity index (χ2v) is 12.9. The van der Waals surface area contributed by atoms with Crippen molar-refractivity contribution in [1.82, 2.24) is 15.6 Å². The minimum absolute atomic E-state index is 0.158. The summed E-state index contributed by atoms with van der Waals surface area (Å²) in [5.41, 5.74) is 8.04. The largest absolute Gasteiger partial charge is 0.391 e. The minimum atomic E-state index is -3.49. The predicted molar refractivity (Wildman–Crippen MR) is 142 cm³/mol. The Morgan fingerprint density at radius 1 is 1.17 bits per heavy atom. The maximum Gasteiger partial charge on any atom is 0.242 e. The number of para-hydroxylation sites is 1. The topological polar surface area (TPSA) is 158 Å². The van der Waals surface area contributed by atoms with E-state index in [-0.39, 0.29) is 30.7 Å². The third kappa shape index (κ3) is 8.17. The highest BCUT2D eigenvalue weighted by Gasteiger charge is 2.30. The molecule has 1 aromatic heterocycles. The van der Waals surface area contributed by atoms with Crippen molar-refractivity contribution < 1.29 is 24.2 Å². The summed E-state index contributed by atoms with van der Waals surface area (Å²) >= 11 is 0. The Bertz CT molecular complexity index is 1070. The van der Waals surface area contributed by atoms with E-state index in [1.807, 2.05) is 30.5 Å². The molecule has 0 radical (unpaired) electrons. The number of benzene rings is 1. The van der Waals surface area contributed by atoms with E-state index in [4.69, 9.17) is 5.73 Å². The Kier molecular flexibility index (Phi) is 10.1. The highest BCUT2D eigenvalue weighted by Crippen LogP contribution is 2.45. The van der Waals surface area contributed by atoms with E-state index in [0.717, 1.165) is 42.1 Å². The van der Waals surface area contributed by atoms with Gasteiger partial charge in [0.25, 0.3) is 0 Å². The molecule has 1 saturated carbocycles. The molecule has 2 aromatic rings. The molecule has 2 unspecified atom stereocenters. The van der Waals surface area contributed by atoms with Crippen molar-refractivity contribution in [2.24, 2.45) is 17.6 Å². The first-order chi connectivity index (χ1) is 17.1. The zero-order valence-electron chi connectivity index (χ0n) is 21.3. The molecule has 1 fully saturated rings. The maximum absolute atomic E-state index is 12.8. The van der Waals surface area contributed by atoms with Gasteiger partial charge in [-0.2, -0.15) is 0 Å². The normalized spacial score (nSPS) is 18.9. The quantitative estimate of drug-likeness (QED) is 0.236. The van der Waals surface area contributed by atoms with E-state index in [1.165, 1.54) is 6.42 Å². The molecular formula is C26H41N4O5P. The number of amides is 2. The lowest BCUT2D eigenvalue weighted by Crippen LogP contribution is -2.55. The van der Waals surface area contributed by atoms with Crippen LogP contribution in [0, 0.1) is 11.8 Å². The summed E-state index contributed by atoms with van der Waals surface area (Å²) in [4.78, 5) is 39.1. The molecule has 0 aliphatic heterocycles. The number of aromatic nitrogens is 1. The number of carbonyl (C=O) groups is 2. The van der Waals surface area contributed by atoms with Gasteiger partial charge in [0, 0.05) is 29.8 Å². The molecule has 1 aliphatic rings. The molecule has 4 atom stereocenters. The van der Waals surface area contributed by atoms with Gasteiger partial charge in [-0.25, -0.2) is 0 Å². The Hall–Kier alpha value is -2.19. The van der Waals surface area contributed by atoms with Gasteiger partial charge in [-0.15, -0.1) is 0 Å². The van der Waals surface area contributed by atoms with Crippen LogP contribution in [0.3, 0.4) is 0 Å². The first kappa shape index (κ1) is 28.4. The van der Waals surface area contributed by atoms with E-state index in [1.54, 1.807) is 13.8 Å². The smallest absolute Gasteiger partial charge is 0.242 e. The maximum atomic E-state index is 12.8. The van der Waals surface area contributed by atoms with Crippen molar-refractivity contribution in [3.8, 4) is 0 Å². The SMILES string of the molecule is CC(C)[C@H](NC(=O)C(N)Cc1c[nH]c2ccccc12)C(=O)NC[C@@H](O)CP(=O)(O)CC1CCCCC1. The number of fused-ring (bicyclic) bond motifs is 1. The van der Waals surface area contributed by atoms with E-state index in [2.05, 4.69) is 15.6 Å². The molecule has 10 heteroatoms. The first-order valence-electron chi connectivity index (χ1n) is 12.9. The van der Waals surface area contributed by atoms with Crippen molar-refractivity contribution in [3.05, 3.63) is 36.0 Å². The Morgan fingerprint density at radius 2 is 1.86 bits per heavy atom. The van der Waals surface area contributed by atoms with E-state index >= 15 is 0 Å². The van der Waals surface area contributed by atoms with Gasteiger partial charge in [0.15, 0.2) is 0 Å². The number of H-pyrrole nitrogens is 1. The van der Waals surface area contributed by atoms with Gasteiger partial charge in [-0.3, -0.25) is 14.2 Å². The van der Waals surface area contributed by atoms with Gasteiger partial charge in [-0.05, 0) is 42.7 Å². The van der Waals surface area contributed by atoms with Crippen molar-refractivity contribution in [1.29, 1.82) is 0 Å². The van der Waals surface area contributed by atoms with Crippen LogP contribution in [0.5, 0.6) is 0 Å². The molecule has 36 heavy (non-hydrogen) atoms. The molecule has 0 saturated heterocycles. The van der Waals surface area contributed by atoms with Crippen molar-refractivity contribution in [2.75, 3.05) is 18.9 Å². The second kappa shape index (κ2) is 12.9. The van der Waals surface area contributed by atoms with Crippen LogP contribution in [0.15, 0.2) is 30.5 Å². The summed E-state index contributed by atoms with van der Waals surface area (Å²) in [6, 6.07) is 6.07. The van der Waals surface area contributed by atoms with Crippen LogP contribution in [0.25, 0.3) is 10.9 Å². The lowest BCUT2D eigenvalue weighted by atomic mass is 9.91. The van der Waals surface area contributed by atoms with Gasteiger partial charge in [0.05, 0.1) is 18.3 Å². The van der Waals surface area contributed by atoms with Crippen LogP contribution in [0.4, 0.5) is 0 Å². The fraction of sp³-hybridized carbons (Fsp3) is 0.615. The second-order valence-electron chi connectivity index (χ2n) is 10.5. The van der Waals surface area contributed by atoms with E-state index in [0.29, 0.717) is 6.42 Å². The van der Waals surface area contributed by atoms with Gasteiger partial charge in [0.2, 0.25) is 19.2 Å². The lowest BCUT2D eigenvalue weighted by Gasteiger charge is -2.26. The summed E-state index contributed by atoms with van der Waals surface area (Å²) < 4.78 is 12.6. The van der Waals surface area contributed by atoms with Crippen LogP contribution in [-0.4, -0.2) is 63.9 Å². The standard InChI is InChI=1S/C26H41N4O5P/c1-17(2)24(30-25(32)22(27)12-19-13-28-23-11-7-6-10-21(19)23)26(33)29-14-20(31)16-36(34,35)15-18-8-4-3-5-9-18/h6-7,10-11,13,17-18,20,22,24,28,31H,3-5,8-9,12,14-16,27H2,1-2H3,(H,29,33)(H,30,32)(H,34,35)/t20-,22?,24+/m1/s1. The van der Waals surface area contributed by atoms with Crippen LogP contribution in [0.1, 0.15) is 51.5 Å². The molecule has 1 aliphatic carbocycles. The average Bonchev–Trinajstić information content (AvgIpc) is 3.23. The van der Waals surface area contributed by atoms with Crippen molar-refractivity contribution in [2.45, 2.75) is 70.6 Å². The van der Waals surface area contributed by atoms with Crippen molar-refractivity contribution >= 4 is 30.1 Å². The fourth-order valence-corrected chi connectivity index (χ4v) is 7.10. The molecule has 9 nitrogen and oxygen atoms in total. The summed E-state index contributed by atoms with van der Waals surface area (Å²) in [6.07, 6.45) is 6.21. The Labute approximate surface area is 213 Å². The zero-order chi connectivity index (χ0) is 26.3. The van der Waals surface area contributed by atoms with Crippen LogP contribution >= 0.6 is 7.37 Å². The summed E-state index contributed by atoms with van der Waals surface area (Å²) in [7, 11) is -3.49. The third-order valence-corrected chi connectivity index (χ3v) is 9.05. The number of carbonyl (C=O) groups excluding carboxylic acids is 2. The Morgan fingerprint density at radius 3 is 2.56 bits per heavy atom. The van der Waals surface area contributed by atoms with Gasteiger partial charge >= 0.3 is 0 Å². The van der Waals surface area contributed by atoms with Crippen LogP contribution < -0.4 is 16.4 Å². The zero-order valence-corrected chi connectivity index (χ0v) is 22.2. The molecule has 200 valence electrons. The highest BCUT2D eigenvalue weighted by atomic mass is 31.2. The average molecular weight is 521 g/mol. The number of nitrogens with one attached hydrogen (secondary N) is 3. The number of nitrogens with two attached hydrogens (primary N) is 1. The Balaban J connectivity index is 1.49. The number of aromatic amines is 1. The minimum Gasteiger partial charge on any atom is -0.391 e. The molecule has 0 spiro atoms.